The molecule has 0 N–H and O–H groups in total. The fourth-order valence-electron chi connectivity index (χ4n) is 4.86. The molecule has 0 radical (unpaired) electrons. The number of alkyl halides is 6. The number of halogens is 8. The van der Waals surface area contributed by atoms with Gasteiger partial charge in [-0.3, -0.25) is 0 Å². The monoisotopic (exact) mass is 528 g/mol. The van der Waals surface area contributed by atoms with Gasteiger partial charge in [-0.2, -0.15) is 26.3 Å². The second kappa shape index (κ2) is 7.29. The smallest absolute Gasteiger partial charge is 0.207 e. The summed E-state index contributed by atoms with van der Waals surface area (Å²) >= 11 is 2.07. The van der Waals surface area contributed by atoms with Gasteiger partial charge in [0.25, 0.3) is 0 Å². The van der Waals surface area contributed by atoms with Gasteiger partial charge >= 0.3 is 17.8 Å². The lowest BCUT2D eigenvalue weighted by atomic mass is 9.84. The summed E-state index contributed by atoms with van der Waals surface area (Å²) in [4.78, 5) is 0.624. The molecule has 2 aliphatic carbocycles. The van der Waals surface area contributed by atoms with Crippen LogP contribution in [0.1, 0.15) is 11.1 Å². The third-order valence-corrected chi connectivity index (χ3v) is 9.38. The molecule has 0 amide bonds. The first-order valence-electron chi connectivity index (χ1n) is 10.3. The molecule has 10 heteroatoms. The number of benzene rings is 2. The Hall–Kier alpha value is -2.46. The van der Waals surface area contributed by atoms with Crippen LogP contribution in [0.4, 0.5) is 35.1 Å². The Balaban J connectivity index is 1.58. The third-order valence-electron chi connectivity index (χ3n) is 6.43. The van der Waals surface area contributed by atoms with E-state index in [2.05, 4.69) is 0 Å². The Labute approximate surface area is 202 Å². The first-order chi connectivity index (χ1) is 16.4. The molecule has 0 nitrogen and oxygen atoms in total. The van der Waals surface area contributed by atoms with E-state index in [1.807, 2.05) is 0 Å². The van der Waals surface area contributed by atoms with Gasteiger partial charge in [-0.05, 0) is 58.7 Å². The maximum absolute atomic E-state index is 15.0. The molecule has 2 aliphatic heterocycles. The summed E-state index contributed by atoms with van der Waals surface area (Å²) in [5.74, 6) is -17.1. The first-order valence-corrected chi connectivity index (χ1v) is 12.1. The quantitative estimate of drug-likeness (QED) is 0.361. The van der Waals surface area contributed by atoms with E-state index in [9.17, 15) is 17.6 Å². The molecule has 0 saturated heterocycles. The van der Waals surface area contributed by atoms with Crippen molar-refractivity contribution >= 4 is 33.3 Å². The molecule has 4 aliphatic rings. The fourth-order valence-corrected chi connectivity index (χ4v) is 7.82. The van der Waals surface area contributed by atoms with E-state index in [0.29, 0.717) is 20.9 Å². The van der Waals surface area contributed by atoms with Gasteiger partial charge < -0.3 is 0 Å². The van der Waals surface area contributed by atoms with Crippen LogP contribution >= 0.6 is 23.5 Å². The zero-order chi connectivity index (χ0) is 24.9. The maximum Gasteiger partial charge on any atom is 0.380 e. The molecule has 1 fully saturated rings. The van der Waals surface area contributed by atoms with Gasteiger partial charge in [-0.15, -0.1) is 23.5 Å². The first kappa shape index (κ1) is 23.0. The number of thioether (sulfide) groups is 2. The SMILES string of the molecule is Fc1cccc(C2=CC3=C4C(=C5C=C(c6cccc(F)c6)SC5C3S2)C(F)(F)C(F)(F)C4(F)F)c1. The Morgan fingerprint density at radius 2 is 1.00 bits per heavy atom. The van der Waals surface area contributed by atoms with Crippen LogP contribution in [0.3, 0.4) is 0 Å². The molecule has 180 valence electrons. The predicted octanol–water partition coefficient (Wildman–Crippen LogP) is 8.10. The highest BCUT2D eigenvalue weighted by Gasteiger charge is 2.83. The number of fused-ring (bicyclic) bond motifs is 4. The molecule has 2 aromatic carbocycles. The van der Waals surface area contributed by atoms with Crippen molar-refractivity contribution in [1.82, 2.24) is 0 Å². The summed E-state index contributed by atoms with van der Waals surface area (Å²) in [5.41, 5.74) is -2.74. The van der Waals surface area contributed by atoms with Crippen LogP contribution in [-0.4, -0.2) is 28.3 Å². The van der Waals surface area contributed by atoms with Crippen LogP contribution in [0, 0.1) is 11.6 Å². The molecule has 2 heterocycles. The van der Waals surface area contributed by atoms with Gasteiger partial charge in [0, 0.05) is 21.0 Å². The van der Waals surface area contributed by atoms with Crippen molar-refractivity contribution in [2.75, 3.05) is 0 Å². The second-order valence-electron chi connectivity index (χ2n) is 8.50. The van der Waals surface area contributed by atoms with E-state index in [1.54, 1.807) is 0 Å². The molecule has 2 unspecified atom stereocenters. The normalized spacial score (nSPS) is 27.4. The van der Waals surface area contributed by atoms with Crippen LogP contribution in [0.25, 0.3) is 9.81 Å². The van der Waals surface area contributed by atoms with Gasteiger partial charge in [0.15, 0.2) is 0 Å². The van der Waals surface area contributed by atoms with Crippen molar-refractivity contribution in [3.8, 4) is 0 Å². The molecule has 0 aromatic heterocycles. The third kappa shape index (κ3) is 3.02. The van der Waals surface area contributed by atoms with Crippen molar-refractivity contribution in [1.29, 1.82) is 0 Å². The lowest BCUT2D eigenvalue weighted by Crippen LogP contribution is -2.47. The average Bonchev–Trinajstić information content (AvgIpc) is 3.44. The second-order valence-corrected chi connectivity index (χ2v) is 10.9. The molecule has 0 bridgehead atoms. The lowest BCUT2D eigenvalue weighted by molar-refractivity contribution is -0.258. The molecule has 1 saturated carbocycles. The van der Waals surface area contributed by atoms with E-state index < -0.39 is 51.0 Å². The number of rotatable bonds is 2. The standard InChI is InChI=1S/C25H12F8S2/c26-13-5-1-3-11(7-13)17-9-15-19-20(24(30,31)25(32,33)23(19,28)29)16-10-18(35-22(16)21(15)34-17)12-4-2-6-14(27)8-12/h1-10,21-22H. The van der Waals surface area contributed by atoms with Crippen LogP contribution < -0.4 is 0 Å². The predicted molar refractivity (Wildman–Crippen MR) is 120 cm³/mol. The summed E-state index contributed by atoms with van der Waals surface area (Å²) in [6.07, 6.45) is 2.37. The molecule has 2 aromatic rings. The average molecular weight is 528 g/mol. The number of hydrogen-bond acceptors (Lipinski definition) is 2. The Morgan fingerprint density at radius 1 is 0.600 bits per heavy atom. The van der Waals surface area contributed by atoms with Crippen LogP contribution in [0.15, 0.2) is 83.0 Å². The van der Waals surface area contributed by atoms with Gasteiger partial charge in [0.05, 0.1) is 10.5 Å². The zero-order valence-electron chi connectivity index (χ0n) is 17.3. The van der Waals surface area contributed by atoms with Crippen LogP contribution in [0.5, 0.6) is 0 Å². The van der Waals surface area contributed by atoms with Crippen molar-refractivity contribution in [3.63, 3.8) is 0 Å². The van der Waals surface area contributed by atoms with E-state index in [4.69, 9.17) is 0 Å². The zero-order valence-corrected chi connectivity index (χ0v) is 18.9. The van der Waals surface area contributed by atoms with Crippen molar-refractivity contribution in [2.45, 2.75) is 28.3 Å². The van der Waals surface area contributed by atoms with Crippen molar-refractivity contribution < 1.29 is 35.1 Å². The molecule has 0 spiro atoms. The summed E-state index contributed by atoms with van der Waals surface area (Å²) in [7, 11) is 0. The van der Waals surface area contributed by atoms with Crippen molar-refractivity contribution in [2.24, 2.45) is 0 Å². The lowest BCUT2D eigenvalue weighted by Gasteiger charge is -2.30. The largest absolute Gasteiger partial charge is 0.380 e. The Morgan fingerprint density at radius 3 is 1.37 bits per heavy atom. The van der Waals surface area contributed by atoms with Gasteiger partial charge in [-0.25, -0.2) is 8.78 Å². The van der Waals surface area contributed by atoms with E-state index in [0.717, 1.165) is 35.7 Å². The van der Waals surface area contributed by atoms with E-state index in [1.165, 1.54) is 48.6 Å². The van der Waals surface area contributed by atoms with E-state index >= 15 is 17.6 Å². The Kier molecular flexibility index (Phi) is 4.78. The highest BCUT2D eigenvalue weighted by Crippen LogP contribution is 2.69. The maximum atomic E-state index is 15.0. The van der Waals surface area contributed by atoms with Gasteiger partial charge in [0.2, 0.25) is 0 Å². The number of allylic oxidation sites excluding steroid dienone is 4. The van der Waals surface area contributed by atoms with Crippen LogP contribution in [0.2, 0.25) is 0 Å². The molecular formula is C25H12F8S2. The molecule has 6 rings (SSSR count). The summed E-state index contributed by atoms with van der Waals surface area (Å²) < 4.78 is 117. The summed E-state index contributed by atoms with van der Waals surface area (Å²) in [5, 5.41) is -1.80. The minimum absolute atomic E-state index is 0.312. The minimum Gasteiger partial charge on any atom is -0.207 e. The highest BCUT2D eigenvalue weighted by molar-refractivity contribution is 8.13. The topological polar surface area (TPSA) is 0 Å². The summed E-state index contributed by atoms with van der Waals surface area (Å²) in [6.45, 7) is 0. The molecule has 2 atom stereocenters. The summed E-state index contributed by atoms with van der Waals surface area (Å²) in [6, 6.07) is 10.5. The van der Waals surface area contributed by atoms with Crippen molar-refractivity contribution in [3.05, 3.63) is 106 Å². The van der Waals surface area contributed by atoms with Gasteiger partial charge in [0.1, 0.15) is 11.6 Å². The number of hydrogen-bond donors (Lipinski definition) is 0. The Bertz CT molecular complexity index is 1310. The van der Waals surface area contributed by atoms with E-state index in [-0.39, 0.29) is 11.1 Å². The molecule has 35 heavy (non-hydrogen) atoms. The fraction of sp³-hybridized carbons (Fsp3) is 0.200. The minimum atomic E-state index is -5.63. The van der Waals surface area contributed by atoms with Gasteiger partial charge in [-0.1, -0.05) is 24.3 Å². The molecular weight excluding hydrogens is 516 g/mol. The van der Waals surface area contributed by atoms with Crippen LogP contribution in [-0.2, 0) is 0 Å². The highest BCUT2D eigenvalue weighted by atomic mass is 32.2.